The maximum atomic E-state index is 11.0. The van der Waals surface area contributed by atoms with Crippen molar-refractivity contribution in [3.8, 4) is 0 Å². The lowest BCUT2D eigenvalue weighted by molar-refractivity contribution is 0.167. The molecular formula is C9H17NO2S. The molecule has 0 aliphatic heterocycles. The first-order valence-electron chi connectivity index (χ1n) is 4.74. The van der Waals surface area contributed by atoms with Crippen molar-refractivity contribution in [2.45, 2.75) is 37.5 Å². The Morgan fingerprint density at radius 2 is 2.38 bits per heavy atom. The van der Waals surface area contributed by atoms with Crippen molar-refractivity contribution in [3.05, 3.63) is 0 Å². The number of thioether (sulfide) groups is 1. The van der Waals surface area contributed by atoms with Gasteiger partial charge in [0.1, 0.15) is 0 Å². The minimum Gasteiger partial charge on any atom is -0.453 e. The molecule has 1 aliphatic rings. The number of methoxy groups -OCH3 is 1. The van der Waals surface area contributed by atoms with Gasteiger partial charge in [0.15, 0.2) is 0 Å². The highest BCUT2D eigenvalue weighted by Gasteiger charge is 2.28. The van der Waals surface area contributed by atoms with Crippen LogP contribution >= 0.6 is 11.8 Å². The van der Waals surface area contributed by atoms with Gasteiger partial charge in [-0.25, -0.2) is 4.79 Å². The fourth-order valence-electron chi connectivity index (χ4n) is 1.72. The summed E-state index contributed by atoms with van der Waals surface area (Å²) in [6, 6.07) is 0.317. The van der Waals surface area contributed by atoms with Crippen LogP contribution in [0.4, 0.5) is 4.79 Å². The summed E-state index contributed by atoms with van der Waals surface area (Å²) in [5, 5.41) is 3.47. The Morgan fingerprint density at radius 3 is 3.00 bits per heavy atom. The van der Waals surface area contributed by atoms with Crippen LogP contribution in [-0.2, 0) is 4.74 Å². The third-order valence-corrected chi connectivity index (χ3v) is 3.65. The van der Waals surface area contributed by atoms with Crippen molar-refractivity contribution in [3.63, 3.8) is 0 Å². The van der Waals surface area contributed by atoms with Crippen LogP contribution < -0.4 is 5.32 Å². The zero-order chi connectivity index (χ0) is 9.68. The Hall–Kier alpha value is -0.380. The summed E-state index contributed by atoms with van der Waals surface area (Å²) in [6.07, 6.45) is 3.22. The van der Waals surface area contributed by atoms with Gasteiger partial charge in [-0.2, -0.15) is 11.8 Å². The number of nitrogens with one attached hydrogen (secondary N) is 1. The van der Waals surface area contributed by atoms with Gasteiger partial charge in [-0.1, -0.05) is 13.3 Å². The number of hydrogen-bond acceptors (Lipinski definition) is 3. The van der Waals surface area contributed by atoms with Gasteiger partial charge in [0.25, 0.3) is 0 Å². The molecule has 2 unspecified atom stereocenters. The van der Waals surface area contributed by atoms with Crippen molar-refractivity contribution >= 4 is 17.9 Å². The average Bonchev–Trinajstić information content (AvgIpc) is 2.54. The molecule has 1 saturated carbocycles. The Kier molecular flexibility index (Phi) is 4.42. The van der Waals surface area contributed by atoms with Crippen molar-refractivity contribution in [1.82, 2.24) is 5.32 Å². The van der Waals surface area contributed by atoms with Crippen molar-refractivity contribution < 1.29 is 9.53 Å². The van der Waals surface area contributed by atoms with Gasteiger partial charge >= 0.3 is 6.09 Å². The quantitative estimate of drug-likeness (QED) is 0.762. The van der Waals surface area contributed by atoms with E-state index in [1.165, 1.54) is 20.0 Å². The number of alkyl carbamates (subject to hydrolysis) is 1. The van der Waals surface area contributed by atoms with Crippen LogP contribution in [0.2, 0.25) is 0 Å². The van der Waals surface area contributed by atoms with E-state index in [0.717, 1.165) is 12.2 Å². The highest BCUT2D eigenvalue weighted by molar-refractivity contribution is 7.99. The molecule has 0 radical (unpaired) electrons. The van der Waals surface area contributed by atoms with Gasteiger partial charge in [-0.15, -0.1) is 0 Å². The molecule has 0 bridgehead atoms. The topological polar surface area (TPSA) is 38.3 Å². The highest BCUT2D eigenvalue weighted by atomic mass is 32.2. The maximum Gasteiger partial charge on any atom is 0.407 e. The van der Waals surface area contributed by atoms with Gasteiger partial charge < -0.3 is 10.1 Å². The van der Waals surface area contributed by atoms with E-state index in [1.54, 1.807) is 0 Å². The van der Waals surface area contributed by atoms with E-state index in [9.17, 15) is 4.79 Å². The van der Waals surface area contributed by atoms with Gasteiger partial charge in [0.2, 0.25) is 0 Å². The Bertz CT molecular complexity index is 175. The van der Waals surface area contributed by atoms with Crippen LogP contribution in [0.25, 0.3) is 0 Å². The van der Waals surface area contributed by atoms with Gasteiger partial charge in [0, 0.05) is 11.3 Å². The van der Waals surface area contributed by atoms with Crippen molar-refractivity contribution in [2.24, 2.45) is 0 Å². The predicted molar refractivity (Wildman–Crippen MR) is 55.1 cm³/mol. The van der Waals surface area contributed by atoms with Crippen LogP contribution in [0.5, 0.6) is 0 Å². The van der Waals surface area contributed by atoms with E-state index >= 15 is 0 Å². The number of carbonyl (C=O) groups excluding carboxylic acids is 1. The minimum absolute atomic E-state index is 0.298. The van der Waals surface area contributed by atoms with E-state index in [0.29, 0.717) is 11.3 Å². The highest BCUT2D eigenvalue weighted by Crippen LogP contribution is 2.29. The lowest BCUT2D eigenvalue weighted by Crippen LogP contribution is -2.38. The maximum absolute atomic E-state index is 11.0. The van der Waals surface area contributed by atoms with Crippen LogP contribution in [0.15, 0.2) is 0 Å². The van der Waals surface area contributed by atoms with Gasteiger partial charge in [-0.05, 0) is 18.6 Å². The summed E-state index contributed by atoms with van der Waals surface area (Å²) in [4.78, 5) is 11.0. The summed E-state index contributed by atoms with van der Waals surface area (Å²) < 4.78 is 4.58. The molecule has 0 spiro atoms. The van der Waals surface area contributed by atoms with E-state index in [-0.39, 0.29) is 6.09 Å². The van der Waals surface area contributed by atoms with Gasteiger partial charge in [0.05, 0.1) is 7.11 Å². The SMILES string of the molecule is CCSC1CCCC1NC(=O)OC. The van der Waals surface area contributed by atoms with Gasteiger partial charge in [-0.3, -0.25) is 0 Å². The average molecular weight is 203 g/mol. The van der Waals surface area contributed by atoms with Crippen LogP contribution in [0.3, 0.4) is 0 Å². The Morgan fingerprint density at radius 1 is 1.62 bits per heavy atom. The fraction of sp³-hybridized carbons (Fsp3) is 0.889. The molecule has 1 fully saturated rings. The molecule has 0 aromatic rings. The predicted octanol–water partition coefficient (Wildman–Crippen LogP) is 2.02. The lowest BCUT2D eigenvalue weighted by Gasteiger charge is -2.18. The summed E-state index contributed by atoms with van der Waals surface area (Å²) in [6.45, 7) is 2.15. The van der Waals surface area contributed by atoms with E-state index < -0.39 is 0 Å². The molecule has 76 valence electrons. The van der Waals surface area contributed by atoms with Crippen molar-refractivity contribution in [2.75, 3.05) is 12.9 Å². The molecule has 2 atom stereocenters. The second-order valence-electron chi connectivity index (χ2n) is 3.17. The van der Waals surface area contributed by atoms with E-state index in [1.807, 2.05) is 11.8 Å². The summed E-state index contributed by atoms with van der Waals surface area (Å²) in [5.41, 5.74) is 0. The number of rotatable bonds is 3. The molecule has 3 nitrogen and oxygen atoms in total. The zero-order valence-corrected chi connectivity index (χ0v) is 9.02. The number of ether oxygens (including phenoxy) is 1. The first-order valence-corrected chi connectivity index (χ1v) is 5.79. The molecule has 0 saturated heterocycles. The molecule has 13 heavy (non-hydrogen) atoms. The third kappa shape index (κ3) is 3.10. The summed E-state index contributed by atoms with van der Waals surface area (Å²) >= 11 is 1.93. The van der Waals surface area contributed by atoms with Crippen LogP contribution in [0, 0.1) is 0 Å². The van der Waals surface area contributed by atoms with Crippen LogP contribution in [-0.4, -0.2) is 30.2 Å². The minimum atomic E-state index is -0.298. The second-order valence-corrected chi connectivity index (χ2v) is 4.68. The lowest BCUT2D eigenvalue weighted by atomic mass is 10.2. The Balaban J connectivity index is 2.34. The number of carbonyl (C=O) groups is 1. The standard InChI is InChI=1S/C9H17NO2S/c1-3-13-8-6-4-5-7(8)10-9(11)12-2/h7-8H,3-6H2,1-2H3,(H,10,11). The molecule has 0 aromatic carbocycles. The molecule has 0 heterocycles. The number of amides is 1. The summed E-state index contributed by atoms with van der Waals surface area (Å²) in [5.74, 6) is 1.12. The molecule has 1 aliphatic carbocycles. The molecule has 1 N–H and O–H groups in total. The largest absolute Gasteiger partial charge is 0.453 e. The third-order valence-electron chi connectivity index (χ3n) is 2.32. The van der Waals surface area contributed by atoms with E-state index in [4.69, 9.17) is 0 Å². The normalized spacial score (nSPS) is 27.2. The first kappa shape index (κ1) is 10.7. The molecule has 1 amide bonds. The first-order chi connectivity index (χ1) is 6.27. The number of hydrogen-bond donors (Lipinski definition) is 1. The molecule has 4 heteroatoms. The molecular weight excluding hydrogens is 186 g/mol. The van der Waals surface area contributed by atoms with E-state index in [2.05, 4.69) is 17.0 Å². The monoisotopic (exact) mass is 203 g/mol. The smallest absolute Gasteiger partial charge is 0.407 e. The fourth-order valence-corrected chi connectivity index (χ4v) is 2.91. The van der Waals surface area contributed by atoms with Crippen LogP contribution in [0.1, 0.15) is 26.2 Å². The Labute approximate surface area is 83.6 Å². The molecule has 0 aromatic heterocycles. The zero-order valence-electron chi connectivity index (χ0n) is 8.21. The molecule has 1 rings (SSSR count). The second kappa shape index (κ2) is 5.37. The summed E-state index contributed by atoms with van der Waals surface area (Å²) in [7, 11) is 1.41. The van der Waals surface area contributed by atoms with Crippen molar-refractivity contribution in [1.29, 1.82) is 0 Å².